The molecule has 2 heterocycles. The molecule has 0 aliphatic carbocycles. The third-order valence-corrected chi connectivity index (χ3v) is 6.94. The summed E-state index contributed by atoms with van der Waals surface area (Å²) in [6.45, 7) is 1.80. The highest BCUT2D eigenvalue weighted by Crippen LogP contribution is 2.34. The minimum absolute atomic E-state index is 0.242. The minimum atomic E-state index is -4.60. The highest BCUT2D eigenvalue weighted by Gasteiger charge is 2.33. The van der Waals surface area contributed by atoms with Crippen molar-refractivity contribution >= 4 is 56.5 Å². The lowest BCUT2D eigenvalue weighted by Gasteiger charge is -2.15. The zero-order valence-corrected chi connectivity index (χ0v) is 19.3. The third-order valence-electron chi connectivity index (χ3n) is 4.69. The van der Waals surface area contributed by atoms with Gasteiger partial charge in [-0.05, 0) is 54.3 Å². The Labute approximate surface area is 199 Å². The average Bonchev–Trinajstić information content (AvgIpc) is 3.23. The van der Waals surface area contributed by atoms with E-state index in [4.69, 9.17) is 11.6 Å². The van der Waals surface area contributed by atoms with Crippen molar-refractivity contribution in [2.75, 3.05) is 11.1 Å². The Hall–Kier alpha value is -2.82. The van der Waals surface area contributed by atoms with Crippen LogP contribution in [0, 0.1) is 6.92 Å². The van der Waals surface area contributed by atoms with Crippen molar-refractivity contribution in [1.82, 2.24) is 9.55 Å². The number of anilines is 1. The van der Waals surface area contributed by atoms with Gasteiger partial charge < -0.3 is 5.32 Å². The summed E-state index contributed by atoms with van der Waals surface area (Å²) in [7, 11) is 0. The van der Waals surface area contributed by atoms with Crippen LogP contribution in [0.4, 0.5) is 18.9 Å². The average molecular weight is 510 g/mol. The maximum Gasteiger partial charge on any atom is 0.418 e. The Balaban J connectivity index is 1.65. The normalized spacial score (nSPS) is 11.7. The number of hydrogen-bond acceptors (Lipinski definition) is 5. The van der Waals surface area contributed by atoms with Crippen LogP contribution in [0.1, 0.15) is 11.1 Å². The van der Waals surface area contributed by atoms with Gasteiger partial charge in [-0.3, -0.25) is 14.2 Å². The zero-order valence-electron chi connectivity index (χ0n) is 16.9. The third kappa shape index (κ3) is 4.92. The molecule has 4 aromatic rings. The Morgan fingerprint density at radius 1 is 1.21 bits per heavy atom. The van der Waals surface area contributed by atoms with Crippen molar-refractivity contribution in [3.63, 3.8) is 0 Å². The summed E-state index contributed by atoms with van der Waals surface area (Å²) in [5.74, 6) is -0.906. The lowest BCUT2D eigenvalue weighted by molar-refractivity contribution is -0.137. The number of halogens is 4. The van der Waals surface area contributed by atoms with Gasteiger partial charge in [0.05, 0.1) is 28.2 Å². The molecule has 2 aromatic heterocycles. The van der Waals surface area contributed by atoms with Crippen LogP contribution in [-0.2, 0) is 11.0 Å². The number of carbonyl (C=O) groups is 1. The SMILES string of the molecule is Cc1cc(-n2c(SCC(=O)Nc3ccccc3C(F)(F)F)nc3ccsc3c2=O)ccc1Cl. The van der Waals surface area contributed by atoms with Gasteiger partial charge in [0.15, 0.2) is 5.16 Å². The molecule has 0 unspecified atom stereocenters. The van der Waals surface area contributed by atoms with Crippen LogP contribution in [0.2, 0.25) is 5.02 Å². The number of carbonyl (C=O) groups excluding carboxylic acids is 1. The quantitative estimate of drug-likeness (QED) is 0.258. The Morgan fingerprint density at radius 3 is 2.70 bits per heavy atom. The second-order valence-corrected chi connectivity index (χ2v) is 9.25. The molecule has 0 spiro atoms. The molecule has 0 saturated carbocycles. The monoisotopic (exact) mass is 509 g/mol. The van der Waals surface area contributed by atoms with E-state index in [-0.39, 0.29) is 22.2 Å². The smallest absolute Gasteiger partial charge is 0.325 e. The summed E-state index contributed by atoms with van der Waals surface area (Å²) in [4.78, 5) is 30.1. The summed E-state index contributed by atoms with van der Waals surface area (Å²) in [6.07, 6.45) is -4.60. The molecule has 11 heteroatoms. The molecule has 0 radical (unpaired) electrons. The molecule has 1 amide bonds. The summed E-state index contributed by atoms with van der Waals surface area (Å²) < 4.78 is 41.4. The van der Waals surface area contributed by atoms with Gasteiger partial charge in [-0.25, -0.2) is 4.98 Å². The van der Waals surface area contributed by atoms with Crippen molar-refractivity contribution < 1.29 is 18.0 Å². The molecule has 33 heavy (non-hydrogen) atoms. The van der Waals surface area contributed by atoms with Crippen molar-refractivity contribution in [1.29, 1.82) is 0 Å². The van der Waals surface area contributed by atoms with Gasteiger partial charge in [-0.1, -0.05) is 35.5 Å². The molecular weight excluding hydrogens is 495 g/mol. The van der Waals surface area contributed by atoms with Gasteiger partial charge in [0.25, 0.3) is 5.56 Å². The first-order valence-electron chi connectivity index (χ1n) is 9.51. The van der Waals surface area contributed by atoms with E-state index in [2.05, 4.69) is 10.3 Å². The number of fused-ring (bicyclic) bond motifs is 1. The maximum absolute atomic E-state index is 13.2. The van der Waals surface area contributed by atoms with Crippen LogP contribution in [0.25, 0.3) is 15.9 Å². The maximum atomic E-state index is 13.2. The fourth-order valence-corrected chi connectivity index (χ4v) is 4.83. The molecule has 0 atom stereocenters. The van der Waals surface area contributed by atoms with Gasteiger partial charge in [0.2, 0.25) is 5.91 Å². The molecule has 170 valence electrons. The molecule has 1 N–H and O–H groups in total. The number of aryl methyl sites for hydroxylation is 1. The number of aromatic nitrogens is 2. The number of thiophene rings is 1. The van der Waals surface area contributed by atoms with Crippen molar-refractivity contribution in [3.8, 4) is 5.69 Å². The van der Waals surface area contributed by atoms with Crippen molar-refractivity contribution in [2.45, 2.75) is 18.3 Å². The van der Waals surface area contributed by atoms with Crippen molar-refractivity contribution in [3.05, 3.63) is 80.4 Å². The van der Waals surface area contributed by atoms with Gasteiger partial charge in [-0.15, -0.1) is 11.3 Å². The van der Waals surface area contributed by atoms with Gasteiger partial charge >= 0.3 is 6.18 Å². The van der Waals surface area contributed by atoms with Crippen molar-refractivity contribution in [2.24, 2.45) is 0 Å². The molecule has 0 saturated heterocycles. The zero-order chi connectivity index (χ0) is 23.8. The van der Waals surface area contributed by atoms with E-state index in [1.165, 1.54) is 34.1 Å². The molecule has 0 aliphatic heterocycles. The predicted molar refractivity (Wildman–Crippen MR) is 126 cm³/mol. The number of nitrogens with zero attached hydrogens (tertiary/aromatic N) is 2. The van der Waals surface area contributed by atoms with E-state index in [1.807, 2.05) is 0 Å². The topological polar surface area (TPSA) is 64.0 Å². The Kier molecular flexibility index (Phi) is 6.51. The highest BCUT2D eigenvalue weighted by molar-refractivity contribution is 7.99. The molecule has 0 bridgehead atoms. The second-order valence-electron chi connectivity index (χ2n) is 6.98. The first kappa shape index (κ1) is 23.3. The Morgan fingerprint density at radius 2 is 1.97 bits per heavy atom. The van der Waals surface area contributed by atoms with Crippen LogP contribution in [-0.4, -0.2) is 21.2 Å². The molecule has 4 rings (SSSR count). The number of hydrogen-bond donors (Lipinski definition) is 1. The molecule has 2 aromatic carbocycles. The van der Waals surface area contributed by atoms with E-state index in [0.717, 1.165) is 23.4 Å². The van der Waals surface area contributed by atoms with Crippen LogP contribution in [0.3, 0.4) is 0 Å². The lowest BCUT2D eigenvalue weighted by atomic mass is 10.1. The number of benzene rings is 2. The molecule has 0 fully saturated rings. The number of nitrogens with one attached hydrogen (secondary N) is 1. The van der Waals surface area contributed by atoms with Gasteiger partial charge in [0, 0.05) is 5.02 Å². The lowest BCUT2D eigenvalue weighted by Crippen LogP contribution is -2.22. The number of alkyl halides is 3. The van der Waals surface area contributed by atoms with Crippen LogP contribution in [0.5, 0.6) is 0 Å². The fourth-order valence-electron chi connectivity index (χ4n) is 3.14. The van der Waals surface area contributed by atoms with Gasteiger partial charge in [0.1, 0.15) is 4.70 Å². The second kappa shape index (κ2) is 9.20. The van der Waals surface area contributed by atoms with E-state index >= 15 is 0 Å². The largest absolute Gasteiger partial charge is 0.418 e. The van der Waals surface area contributed by atoms with E-state index in [9.17, 15) is 22.8 Å². The first-order valence-corrected chi connectivity index (χ1v) is 11.7. The van der Waals surface area contributed by atoms with Crippen LogP contribution >= 0.6 is 34.7 Å². The highest BCUT2D eigenvalue weighted by atomic mass is 35.5. The standard InChI is InChI=1S/C22H15ClF3N3O2S2/c1-12-10-13(6-7-15(12)23)29-20(31)19-17(8-9-32-19)28-21(29)33-11-18(30)27-16-5-3-2-4-14(16)22(24,25)26/h2-10H,11H2,1H3,(H,27,30). The summed E-state index contributed by atoms with van der Waals surface area (Å²) in [5.41, 5.74) is 0.191. The molecular formula is C22H15ClF3N3O2S2. The summed E-state index contributed by atoms with van der Waals surface area (Å²) in [5, 5.41) is 4.82. The number of para-hydroxylation sites is 1. The van der Waals surface area contributed by atoms with E-state index in [0.29, 0.717) is 20.9 Å². The van der Waals surface area contributed by atoms with Gasteiger partial charge in [-0.2, -0.15) is 13.2 Å². The minimum Gasteiger partial charge on any atom is -0.325 e. The number of rotatable bonds is 5. The fraction of sp³-hybridized carbons (Fsp3) is 0.136. The first-order chi connectivity index (χ1) is 15.6. The van der Waals surface area contributed by atoms with E-state index in [1.54, 1.807) is 36.6 Å². The predicted octanol–water partition coefficient (Wildman–Crippen LogP) is 6.16. The Bertz CT molecular complexity index is 1420. The molecule has 0 aliphatic rings. The van der Waals surface area contributed by atoms with E-state index < -0.39 is 17.6 Å². The van der Waals surface area contributed by atoms with Crippen LogP contribution < -0.4 is 10.9 Å². The number of amides is 1. The summed E-state index contributed by atoms with van der Waals surface area (Å²) in [6, 6.07) is 11.5. The number of thioether (sulfide) groups is 1. The van der Waals surface area contributed by atoms with Crippen LogP contribution in [0.15, 0.2) is 63.9 Å². The summed E-state index contributed by atoms with van der Waals surface area (Å²) >= 11 is 8.32. The molecule has 5 nitrogen and oxygen atoms in total.